The molecule has 0 saturated heterocycles. The molecular weight excluding hydrogens is 306 g/mol. The second-order valence-electron chi connectivity index (χ2n) is 4.14. The number of thioether (sulfide) groups is 1. The molecule has 0 fully saturated rings. The number of hydrogen-bond donors (Lipinski definition) is 2. The summed E-state index contributed by atoms with van der Waals surface area (Å²) < 4.78 is 10.2. The minimum atomic E-state index is -0.571. The highest BCUT2D eigenvalue weighted by Crippen LogP contribution is 2.40. The molecular formula is C14H13N3O4S. The van der Waals surface area contributed by atoms with Gasteiger partial charge in [0.25, 0.3) is 5.56 Å². The molecule has 1 heterocycles. The Hall–Kier alpha value is -2.66. The SMILES string of the molecule is COc1cc(OC)c(O)c(-c2nc(SC)[nH]c(=O)c2C#N)c1. The monoisotopic (exact) mass is 319 g/mol. The van der Waals surface area contributed by atoms with E-state index in [9.17, 15) is 15.2 Å². The van der Waals surface area contributed by atoms with E-state index in [-0.39, 0.29) is 28.3 Å². The van der Waals surface area contributed by atoms with E-state index in [1.54, 1.807) is 6.26 Å². The summed E-state index contributed by atoms with van der Waals surface area (Å²) in [6.45, 7) is 0. The van der Waals surface area contributed by atoms with Crippen LogP contribution in [0.5, 0.6) is 17.2 Å². The average Bonchev–Trinajstić information content (AvgIpc) is 2.54. The number of nitriles is 1. The maximum Gasteiger partial charge on any atom is 0.270 e. The van der Waals surface area contributed by atoms with Crippen LogP contribution < -0.4 is 15.0 Å². The number of methoxy groups -OCH3 is 2. The third kappa shape index (κ3) is 2.71. The minimum Gasteiger partial charge on any atom is -0.504 e. The summed E-state index contributed by atoms with van der Waals surface area (Å²) >= 11 is 1.22. The van der Waals surface area contributed by atoms with E-state index in [4.69, 9.17) is 9.47 Å². The van der Waals surface area contributed by atoms with E-state index in [1.165, 1.54) is 38.1 Å². The van der Waals surface area contributed by atoms with Crippen molar-refractivity contribution in [1.29, 1.82) is 5.26 Å². The summed E-state index contributed by atoms with van der Waals surface area (Å²) in [6, 6.07) is 4.79. The van der Waals surface area contributed by atoms with Crippen molar-refractivity contribution in [2.75, 3.05) is 20.5 Å². The van der Waals surface area contributed by atoms with Crippen molar-refractivity contribution < 1.29 is 14.6 Å². The Balaban J connectivity index is 2.84. The van der Waals surface area contributed by atoms with Gasteiger partial charge in [0.15, 0.2) is 16.7 Å². The molecule has 0 saturated carbocycles. The van der Waals surface area contributed by atoms with Crippen LogP contribution in [-0.4, -0.2) is 35.5 Å². The molecule has 0 radical (unpaired) electrons. The predicted octanol–water partition coefficient (Wildman–Crippen LogP) is 1.75. The van der Waals surface area contributed by atoms with Crippen molar-refractivity contribution in [3.8, 4) is 34.6 Å². The summed E-state index contributed by atoms with van der Waals surface area (Å²) in [5.41, 5.74) is -0.499. The van der Waals surface area contributed by atoms with Gasteiger partial charge in [-0.1, -0.05) is 11.8 Å². The number of aromatic nitrogens is 2. The fourth-order valence-corrected chi connectivity index (χ4v) is 2.26. The van der Waals surface area contributed by atoms with Gasteiger partial charge < -0.3 is 19.6 Å². The number of rotatable bonds is 4. The van der Waals surface area contributed by atoms with Gasteiger partial charge in [0.1, 0.15) is 23.1 Å². The van der Waals surface area contributed by atoms with E-state index >= 15 is 0 Å². The van der Waals surface area contributed by atoms with Crippen LogP contribution in [0.25, 0.3) is 11.3 Å². The number of ether oxygens (including phenoxy) is 2. The molecule has 2 N–H and O–H groups in total. The van der Waals surface area contributed by atoms with Crippen molar-refractivity contribution >= 4 is 11.8 Å². The molecule has 22 heavy (non-hydrogen) atoms. The summed E-state index contributed by atoms with van der Waals surface area (Å²) in [6.07, 6.45) is 1.74. The Morgan fingerprint density at radius 3 is 2.64 bits per heavy atom. The first kappa shape index (κ1) is 15.7. The van der Waals surface area contributed by atoms with E-state index in [1.807, 2.05) is 6.07 Å². The highest BCUT2D eigenvalue weighted by molar-refractivity contribution is 7.98. The number of aromatic amines is 1. The van der Waals surface area contributed by atoms with E-state index in [0.29, 0.717) is 10.9 Å². The molecule has 114 valence electrons. The lowest BCUT2D eigenvalue weighted by Gasteiger charge is -2.12. The molecule has 0 unspecified atom stereocenters. The van der Waals surface area contributed by atoms with Crippen molar-refractivity contribution in [2.45, 2.75) is 5.16 Å². The van der Waals surface area contributed by atoms with Crippen LogP contribution in [0.2, 0.25) is 0 Å². The van der Waals surface area contributed by atoms with Crippen LogP contribution in [0, 0.1) is 11.3 Å². The summed E-state index contributed by atoms with van der Waals surface area (Å²) in [5, 5.41) is 19.8. The first-order valence-electron chi connectivity index (χ1n) is 6.09. The smallest absolute Gasteiger partial charge is 0.270 e. The van der Waals surface area contributed by atoms with Crippen molar-refractivity contribution in [1.82, 2.24) is 9.97 Å². The molecule has 8 heteroatoms. The Bertz CT molecular complexity index is 811. The lowest BCUT2D eigenvalue weighted by Crippen LogP contribution is -2.14. The quantitative estimate of drug-likeness (QED) is 0.653. The normalized spacial score (nSPS) is 10.1. The Kier molecular flexibility index (Phi) is 4.58. The van der Waals surface area contributed by atoms with Gasteiger partial charge in [0.05, 0.1) is 19.8 Å². The molecule has 7 nitrogen and oxygen atoms in total. The van der Waals surface area contributed by atoms with Gasteiger partial charge in [-0.15, -0.1) is 0 Å². The molecule has 2 aromatic rings. The zero-order valence-electron chi connectivity index (χ0n) is 12.1. The molecule has 0 atom stereocenters. The Morgan fingerprint density at radius 1 is 1.36 bits per heavy atom. The molecule has 2 rings (SSSR count). The third-order valence-electron chi connectivity index (χ3n) is 2.96. The van der Waals surface area contributed by atoms with Gasteiger partial charge >= 0.3 is 0 Å². The summed E-state index contributed by atoms with van der Waals surface area (Å²) in [5.74, 6) is 0.345. The van der Waals surface area contributed by atoms with Gasteiger partial charge in [-0.05, 0) is 12.3 Å². The topological polar surface area (TPSA) is 108 Å². The molecule has 0 aliphatic heterocycles. The van der Waals surface area contributed by atoms with Crippen LogP contribution in [0.1, 0.15) is 5.56 Å². The highest BCUT2D eigenvalue weighted by atomic mass is 32.2. The zero-order chi connectivity index (χ0) is 16.3. The van der Waals surface area contributed by atoms with Crippen LogP contribution in [-0.2, 0) is 0 Å². The molecule has 0 aliphatic rings. The number of phenolic OH excluding ortho intramolecular Hbond substituents is 1. The fourth-order valence-electron chi connectivity index (χ4n) is 1.88. The molecule has 0 bridgehead atoms. The third-order valence-corrected chi connectivity index (χ3v) is 3.54. The summed E-state index contributed by atoms with van der Waals surface area (Å²) in [4.78, 5) is 18.7. The van der Waals surface area contributed by atoms with Crippen LogP contribution >= 0.6 is 11.8 Å². The second-order valence-corrected chi connectivity index (χ2v) is 4.93. The van der Waals surface area contributed by atoms with Crippen molar-refractivity contribution in [2.24, 2.45) is 0 Å². The largest absolute Gasteiger partial charge is 0.504 e. The number of phenols is 1. The van der Waals surface area contributed by atoms with Gasteiger partial charge in [0, 0.05) is 6.07 Å². The first-order valence-corrected chi connectivity index (χ1v) is 7.32. The Morgan fingerprint density at radius 2 is 2.09 bits per heavy atom. The Labute approximate surface area is 130 Å². The molecule has 0 amide bonds. The van der Waals surface area contributed by atoms with E-state index in [0.717, 1.165) is 0 Å². The molecule has 1 aromatic carbocycles. The number of benzene rings is 1. The lowest BCUT2D eigenvalue weighted by atomic mass is 10.1. The zero-order valence-corrected chi connectivity index (χ0v) is 12.9. The highest BCUT2D eigenvalue weighted by Gasteiger charge is 2.20. The summed E-state index contributed by atoms with van der Waals surface area (Å²) in [7, 11) is 2.85. The maximum absolute atomic E-state index is 12.0. The molecule has 0 spiro atoms. The fraction of sp³-hybridized carbons (Fsp3) is 0.214. The van der Waals surface area contributed by atoms with Crippen molar-refractivity contribution in [3.05, 3.63) is 28.0 Å². The predicted molar refractivity (Wildman–Crippen MR) is 81.6 cm³/mol. The second kappa shape index (κ2) is 6.41. The first-order chi connectivity index (χ1) is 10.5. The molecule has 0 aliphatic carbocycles. The number of nitrogens with zero attached hydrogens (tertiary/aromatic N) is 2. The number of hydrogen-bond acceptors (Lipinski definition) is 7. The molecule has 1 aromatic heterocycles. The van der Waals surface area contributed by atoms with Crippen LogP contribution in [0.3, 0.4) is 0 Å². The van der Waals surface area contributed by atoms with Crippen LogP contribution in [0.15, 0.2) is 22.1 Å². The van der Waals surface area contributed by atoms with Crippen LogP contribution in [0.4, 0.5) is 0 Å². The van der Waals surface area contributed by atoms with Gasteiger partial charge in [-0.25, -0.2) is 4.98 Å². The minimum absolute atomic E-state index is 0.0744. The average molecular weight is 319 g/mol. The van der Waals surface area contributed by atoms with E-state index < -0.39 is 5.56 Å². The number of aromatic hydroxyl groups is 1. The van der Waals surface area contributed by atoms with Gasteiger partial charge in [-0.2, -0.15) is 5.26 Å². The maximum atomic E-state index is 12.0. The van der Waals surface area contributed by atoms with Gasteiger partial charge in [-0.3, -0.25) is 4.79 Å². The van der Waals surface area contributed by atoms with E-state index in [2.05, 4.69) is 9.97 Å². The standard InChI is InChI=1S/C14H13N3O4S/c1-20-7-4-8(12(18)10(5-7)21-2)11-9(6-15)13(19)17-14(16-11)22-3/h4-5,18H,1-3H3,(H,16,17,19). The number of H-pyrrole nitrogens is 1. The number of nitrogens with one attached hydrogen (secondary N) is 1. The lowest BCUT2D eigenvalue weighted by molar-refractivity contribution is 0.365. The van der Waals surface area contributed by atoms with Gasteiger partial charge in [0.2, 0.25) is 0 Å². The van der Waals surface area contributed by atoms with Crippen molar-refractivity contribution in [3.63, 3.8) is 0 Å².